The van der Waals surface area contributed by atoms with E-state index < -0.39 is 5.91 Å². The summed E-state index contributed by atoms with van der Waals surface area (Å²) in [7, 11) is 1.51. The summed E-state index contributed by atoms with van der Waals surface area (Å²) in [6, 6.07) is 12.2. The van der Waals surface area contributed by atoms with E-state index in [4.69, 9.17) is 38.1 Å². The fourth-order valence-electron chi connectivity index (χ4n) is 2.89. The van der Waals surface area contributed by atoms with Gasteiger partial charge in [-0.2, -0.15) is 0 Å². The minimum Gasteiger partial charge on any atom is -0.496 e. The number of rotatable bonds is 5. The van der Waals surface area contributed by atoms with Crippen molar-refractivity contribution < 1.29 is 19.1 Å². The first-order chi connectivity index (χ1) is 14.3. The molecule has 0 bridgehead atoms. The molecular formula is C21H18BrClN2O4S. The molecule has 1 amide bonds. The maximum absolute atomic E-state index is 12.7. The lowest BCUT2D eigenvalue weighted by molar-refractivity contribution is 0.0974. The highest BCUT2D eigenvalue weighted by molar-refractivity contribution is 9.10. The number of carbonyl (C=O) groups is 1. The molecule has 0 spiro atoms. The molecular weight excluding hydrogens is 492 g/mol. The summed E-state index contributed by atoms with van der Waals surface area (Å²) in [5.41, 5.74) is 2.40. The van der Waals surface area contributed by atoms with E-state index in [1.807, 2.05) is 13.0 Å². The molecule has 3 N–H and O–H groups in total. The van der Waals surface area contributed by atoms with Gasteiger partial charge in [-0.3, -0.25) is 10.1 Å². The molecule has 156 valence electrons. The molecule has 0 aliphatic heterocycles. The van der Waals surface area contributed by atoms with E-state index in [2.05, 4.69) is 26.6 Å². The van der Waals surface area contributed by atoms with Gasteiger partial charge in [0.25, 0.3) is 5.91 Å². The van der Waals surface area contributed by atoms with Gasteiger partial charge >= 0.3 is 0 Å². The van der Waals surface area contributed by atoms with Crippen LogP contribution in [0.15, 0.2) is 51.4 Å². The number of aliphatic hydroxyl groups excluding tert-OH is 1. The van der Waals surface area contributed by atoms with E-state index in [0.717, 1.165) is 15.6 Å². The van der Waals surface area contributed by atoms with Crippen LogP contribution in [0, 0.1) is 6.92 Å². The van der Waals surface area contributed by atoms with Crippen molar-refractivity contribution in [2.24, 2.45) is 0 Å². The van der Waals surface area contributed by atoms with Crippen molar-refractivity contribution in [1.82, 2.24) is 5.32 Å². The van der Waals surface area contributed by atoms with E-state index in [1.165, 1.54) is 7.11 Å². The molecule has 2 aromatic carbocycles. The third-order valence-electron chi connectivity index (χ3n) is 4.23. The number of amides is 1. The van der Waals surface area contributed by atoms with Crippen molar-refractivity contribution in [1.29, 1.82) is 0 Å². The molecule has 0 radical (unpaired) electrons. The molecule has 0 atom stereocenters. The molecule has 9 heteroatoms. The van der Waals surface area contributed by atoms with Crippen LogP contribution < -0.4 is 15.4 Å². The average Bonchev–Trinajstić information content (AvgIpc) is 3.18. The van der Waals surface area contributed by atoms with Gasteiger partial charge in [0.05, 0.1) is 23.4 Å². The second kappa shape index (κ2) is 9.61. The van der Waals surface area contributed by atoms with Crippen LogP contribution in [0.25, 0.3) is 11.3 Å². The van der Waals surface area contributed by atoms with Crippen LogP contribution in [0.3, 0.4) is 0 Å². The topological polar surface area (TPSA) is 83.7 Å². The fourth-order valence-corrected chi connectivity index (χ4v) is 3.83. The lowest BCUT2D eigenvalue weighted by Crippen LogP contribution is -2.34. The Hall–Kier alpha value is -2.39. The maximum atomic E-state index is 12.7. The lowest BCUT2D eigenvalue weighted by atomic mass is 10.1. The maximum Gasteiger partial charge on any atom is 0.261 e. The Morgan fingerprint density at radius 3 is 2.70 bits per heavy atom. The molecule has 1 aromatic heterocycles. The summed E-state index contributed by atoms with van der Waals surface area (Å²) < 4.78 is 11.7. The predicted molar refractivity (Wildman–Crippen MR) is 124 cm³/mol. The van der Waals surface area contributed by atoms with Crippen LogP contribution in [-0.4, -0.2) is 23.2 Å². The summed E-state index contributed by atoms with van der Waals surface area (Å²) in [5.74, 6) is 1.08. The smallest absolute Gasteiger partial charge is 0.261 e. The second-order valence-corrected chi connectivity index (χ2v) is 8.06. The van der Waals surface area contributed by atoms with Gasteiger partial charge < -0.3 is 19.6 Å². The van der Waals surface area contributed by atoms with Crippen LogP contribution in [0.4, 0.5) is 5.69 Å². The Morgan fingerprint density at radius 1 is 1.27 bits per heavy atom. The van der Waals surface area contributed by atoms with Gasteiger partial charge in [-0.15, -0.1) is 0 Å². The first-order valence-electron chi connectivity index (χ1n) is 8.78. The molecule has 6 nitrogen and oxygen atoms in total. The highest BCUT2D eigenvalue weighted by Crippen LogP contribution is 2.30. The van der Waals surface area contributed by atoms with Crippen molar-refractivity contribution in [3.05, 3.63) is 68.8 Å². The number of benzene rings is 2. The zero-order valence-corrected chi connectivity index (χ0v) is 19.2. The highest BCUT2D eigenvalue weighted by atomic mass is 79.9. The van der Waals surface area contributed by atoms with E-state index in [9.17, 15) is 4.79 Å². The normalized spacial score (nSPS) is 10.6. The molecule has 30 heavy (non-hydrogen) atoms. The van der Waals surface area contributed by atoms with Crippen LogP contribution in [0.1, 0.15) is 21.7 Å². The quantitative estimate of drug-likeness (QED) is 0.405. The minimum atomic E-state index is -0.417. The number of thiocarbonyl (C=S) groups is 1. The van der Waals surface area contributed by atoms with E-state index in [-0.39, 0.29) is 11.7 Å². The standard InChI is InChI=1S/C21H18BrClN2O4S/c1-11-7-13(22)9-15(19(11)28-2)20(27)25-21(30)24-17-8-12(3-5-16(17)23)18-6-4-14(10-26)29-18/h3-9,26H,10H2,1-2H3,(H2,24,25,27,30). The van der Waals surface area contributed by atoms with Crippen molar-refractivity contribution in [2.75, 3.05) is 12.4 Å². The van der Waals surface area contributed by atoms with Crippen LogP contribution >= 0.6 is 39.7 Å². The molecule has 3 rings (SSSR count). The monoisotopic (exact) mass is 508 g/mol. The number of hydrogen-bond acceptors (Lipinski definition) is 5. The number of hydrogen-bond donors (Lipinski definition) is 3. The van der Waals surface area contributed by atoms with Gasteiger partial charge in [0.15, 0.2) is 5.11 Å². The van der Waals surface area contributed by atoms with Crippen molar-refractivity contribution in [2.45, 2.75) is 13.5 Å². The number of furan rings is 1. The Bertz CT molecular complexity index is 1120. The molecule has 0 fully saturated rings. The van der Waals surface area contributed by atoms with Gasteiger partial charge in [0.2, 0.25) is 0 Å². The molecule has 0 aliphatic carbocycles. The number of aliphatic hydroxyl groups is 1. The Labute approximate surface area is 192 Å². The van der Waals surface area contributed by atoms with E-state index >= 15 is 0 Å². The van der Waals surface area contributed by atoms with Crippen molar-refractivity contribution >= 4 is 56.5 Å². The fraction of sp³-hybridized carbons (Fsp3) is 0.143. The number of anilines is 1. The van der Waals surface area contributed by atoms with E-state index in [0.29, 0.717) is 33.5 Å². The summed E-state index contributed by atoms with van der Waals surface area (Å²) in [5, 5.41) is 15.2. The first-order valence-corrected chi connectivity index (χ1v) is 10.4. The van der Waals surface area contributed by atoms with Gasteiger partial charge in [0.1, 0.15) is 23.9 Å². The van der Waals surface area contributed by atoms with Crippen molar-refractivity contribution in [3.63, 3.8) is 0 Å². The van der Waals surface area contributed by atoms with Crippen LogP contribution in [0.2, 0.25) is 5.02 Å². The summed E-state index contributed by atoms with van der Waals surface area (Å²) in [6.45, 7) is 1.66. The Balaban J connectivity index is 1.78. The summed E-state index contributed by atoms with van der Waals surface area (Å²) in [4.78, 5) is 12.7. The van der Waals surface area contributed by atoms with E-state index in [1.54, 1.807) is 36.4 Å². The Morgan fingerprint density at radius 2 is 2.03 bits per heavy atom. The average molecular weight is 510 g/mol. The number of methoxy groups -OCH3 is 1. The van der Waals surface area contributed by atoms with Crippen LogP contribution in [0.5, 0.6) is 5.75 Å². The molecule has 3 aromatic rings. The minimum absolute atomic E-state index is 0.0780. The highest BCUT2D eigenvalue weighted by Gasteiger charge is 2.17. The number of nitrogens with one attached hydrogen (secondary N) is 2. The van der Waals surface area contributed by atoms with Gasteiger partial charge in [-0.1, -0.05) is 27.5 Å². The number of carbonyl (C=O) groups excluding carboxylic acids is 1. The predicted octanol–water partition coefficient (Wildman–Crippen LogP) is 5.30. The van der Waals surface area contributed by atoms with Gasteiger partial charge in [0, 0.05) is 10.0 Å². The third kappa shape index (κ3) is 5.02. The first kappa shape index (κ1) is 22.3. The molecule has 1 heterocycles. The largest absolute Gasteiger partial charge is 0.496 e. The zero-order valence-electron chi connectivity index (χ0n) is 16.1. The third-order valence-corrected chi connectivity index (χ3v) is 5.22. The summed E-state index contributed by atoms with van der Waals surface area (Å²) in [6.07, 6.45) is 0. The van der Waals surface area contributed by atoms with Crippen molar-refractivity contribution in [3.8, 4) is 17.1 Å². The zero-order chi connectivity index (χ0) is 21.8. The summed E-state index contributed by atoms with van der Waals surface area (Å²) >= 11 is 14.9. The molecule has 0 aliphatic rings. The van der Waals surface area contributed by atoms with Crippen LogP contribution in [-0.2, 0) is 6.61 Å². The lowest BCUT2D eigenvalue weighted by Gasteiger charge is -2.14. The number of halogens is 2. The number of aryl methyl sites for hydroxylation is 1. The Kier molecular flexibility index (Phi) is 7.14. The SMILES string of the molecule is COc1c(C)cc(Br)cc1C(=O)NC(=S)Nc1cc(-c2ccc(CO)o2)ccc1Cl. The second-order valence-electron chi connectivity index (χ2n) is 6.33. The molecule has 0 saturated carbocycles. The molecule has 0 saturated heterocycles. The van der Waals surface area contributed by atoms with Gasteiger partial charge in [-0.25, -0.2) is 0 Å². The molecule has 0 unspecified atom stereocenters. The number of ether oxygens (including phenoxy) is 1. The van der Waals surface area contributed by atoms with Gasteiger partial charge in [-0.05, 0) is 67.2 Å².